The molecular formula is C25H21F2N3O2S. The van der Waals surface area contributed by atoms with Gasteiger partial charge in [0.2, 0.25) is 5.91 Å². The Morgan fingerprint density at radius 3 is 2.33 bits per heavy atom. The van der Waals surface area contributed by atoms with E-state index in [0.29, 0.717) is 16.6 Å². The minimum atomic E-state index is -0.677. The van der Waals surface area contributed by atoms with Crippen molar-refractivity contribution in [3.63, 3.8) is 0 Å². The molecule has 0 aliphatic rings. The fraction of sp³-hybridized carbons (Fsp3) is 0.160. The van der Waals surface area contributed by atoms with Gasteiger partial charge in [-0.3, -0.25) is 14.2 Å². The van der Waals surface area contributed by atoms with Crippen LogP contribution in [0, 0.1) is 17.6 Å². The molecule has 8 heteroatoms. The van der Waals surface area contributed by atoms with Crippen LogP contribution in [-0.4, -0.2) is 20.7 Å². The highest BCUT2D eigenvalue weighted by Gasteiger charge is 2.27. The van der Waals surface area contributed by atoms with Crippen LogP contribution in [0.3, 0.4) is 0 Å². The zero-order chi connectivity index (χ0) is 23.5. The van der Waals surface area contributed by atoms with Crippen LogP contribution in [0.25, 0.3) is 16.6 Å². The van der Waals surface area contributed by atoms with Crippen LogP contribution in [0.1, 0.15) is 13.8 Å². The lowest BCUT2D eigenvalue weighted by Crippen LogP contribution is -2.31. The van der Waals surface area contributed by atoms with Gasteiger partial charge in [0, 0.05) is 0 Å². The molecule has 168 valence electrons. The number of aromatic nitrogens is 2. The second kappa shape index (κ2) is 9.54. The Labute approximate surface area is 193 Å². The van der Waals surface area contributed by atoms with E-state index in [9.17, 15) is 18.4 Å². The van der Waals surface area contributed by atoms with Crippen molar-refractivity contribution in [1.82, 2.24) is 9.55 Å². The number of halogens is 2. The summed E-state index contributed by atoms with van der Waals surface area (Å²) in [6.07, 6.45) is 0. The number of benzene rings is 3. The number of nitrogens with one attached hydrogen (secondary N) is 1. The first kappa shape index (κ1) is 22.7. The molecule has 1 aromatic heterocycles. The SMILES string of the molecule is CC(C)C(Sc1nc2ccccc2c(=O)n1-c1ccc(F)cc1)C(=O)Nc1ccccc1F. The summed E-state index contributed by atoms with van der Waals surface area (Å²) in [7, 11) is 0. The van der Waals surface area contributed by atoms with Gasteiger partial charge in [0.1, 0.15) is 11.6 Å². The number of para-hydroxylation sites is 2. The predicted octanol–water partition coefficient (Wildman–Crippen LogP) is 5.42. The third-order valence-electron chi connectivity index (χ3n) is 5.06. The van der Waals surface area contributed by atoms with E-state index in [0.717, 1.165) is 11.8 Å². The molecule has 1 N–H and O–H groups in total. The molecular weight excluding hydrogens is 444 g/mol. The van der Waals surface area contributed by atoms with Crippen LogP contribution < -0.4 is 10.9 Å². The van der Waals surface area contributed by atoms with Gasteiger partial charge in [0.25, 0.3) is 5.56 Å². The van der Waals surface area contributed by atoms with E-state index in [-0.39, 0.29) is 22.3 Å². The molecule has 1 unspecified atom stereocenters. The molecule has 1 atom stereocenters. The van der Waals surface area contributed by atoms with Crippen LogP contribution in [0.2, 0.25) is 0 Å². The average Bonchev–Trinajstić information content (AvgIpc) is 2.80. The Hall–Kier alpha value is -3.52. The monoisotopic (exact) mass is 465 g/mol. The van der Waals surface area contributed by atoms with E-state index in [2.05, 4.69) is 10.3 Å². The van der Waals surface area contributed by atoms with Gasteiger partial charge in [0.15, 0.2) is 5.16 Å². The van der Waals surface area contributed by atoms with Gasteiger partial charge in [-0.1, -0.05) is 49.9 Å². The van der Waals surface area contributed by atoms with Crippen molar-refractivity contribution < 1.29 is 13.6 Å². The number of thioether (sulfide) groups is 1. The van der Waals surface area contributed by atoms with Crippen LogP contribution >= 0.6 is 11.8 Å². The molecule has 0 bridgehead atoms. The van der Waals surface area contributed by atoms with Crippen molar-refractivity contribution in [2.45, 2.75) is 24.3 Å². The summed E-state index contributed by atoms with van der Waals surface area (Å²) < 4.78 is 29.0. The fourth-order valence-corrected chi connectivity index (χ4v) is 4.49. The van der Waals surface area contributed by atoms with Crippen molar-refractivity contribution >= 4 is 34.3 Å². The minimum absolute atomic E-state index is 0.0798. The van der Waals surface area contributed by atoms with Gasteiger partial charge >= 0.3 is 0 Å². The van der Waals surface area contributed by atoms with Crippen LogP contribution in [0.4, 0.5) is 14.5 Å². The number of carbonyl (C=O) groups excluding carboxylic acids is 1. The fourth-order valence-electron chi connectivity index (χ4n) is 3.38. The molecule has 5 nitrogen and oxygen atoms in total. The van der Waals surface area contributed by atoms with Crippen molar-refractivity contribution in [2.75, 3.05) is 5.32 Å². The number of amides is 1. The number of hydrogen-bond acceptors (Lipinski definition) is 4. The van der Waals surface area contributed by atoms with E-state index >= 15 is 0 Å². The summed E-state index contributed by atoms with van der Waals surface area (Å²) >= 11 is 1.11. The first-order chi connectivity index (χ1) is 15.8. The summed E-state index contributed by atoms with van der Waals surface area (Å²) in [5.74, 6) is -1.54. The molecule has 3 aromatic carbocycles. The van der Waals surface area contributed by atoms with Crippen molar-refractivity contribution in [3.8, 4) is 5.69 Å². The second-order valence-electron chi connectivity index (χ2n) is 7.78. The first-order valence-corrected chi connectivity index (χ1v) is 11.2. The number of rotatable bonds is 6. The van der Waals surface area contributed by atoms with Gasteiger partial charge in [-0.2, -0.15) is 0 Å². The summed E-state index contributed by atoms with van der Waals surface area (Å²) in [6, 6.07) is 18.3. The number of anilines is 1. The lowest BCUT2D eigenvalue weighted by molar-refractivity contribution is -0.116. The van der Waals surface area contributed by atoms with Crippen LogP contribution in [0.15, 0.2) is 82.7 Å². The zero-order valence-corrected chi connectivity index (χ0v) is 18.8. The van der Waals surface area contributed by atoms with E-state index in [4.69, 9.17) is 0 Å². The van der Waals surface area contributed by atoms with Gasteiger partial charge in [0.05, 0.1) is 27.5 Å². The molecule has 1 heterocycles. The summed E-state index contributed by atoms with van der Waals surface area (Å²) in [4.78, 5) is 31.1. The molecule has 1 amide bonds. The van der Waals surface area contributed by atoms with E-state index in [1.165, 1.54) is 41.0 Å². The molecule has 4 aromatic rings. The number of hydrogen-bond donors (Lipinski definition) is 1. The van der Waals surface area contributed by atoms with Gasteiger partial charge in [-0.05, 0) is 54.4 Å². The maximum Gasteiger partial charge on any atom is 0.266 e. The number of nitrogens with zero attached hydrogens (tertiary/aromatic N) is 2. The maximum absolute atomic E-state index is 14.1. The molecule has 0 fully saturated rings. The Morgan fingerprint density at radius 2 is 1.64 bits per heavy atom. The third-order valence-corrected chi connectivity index (χ3v) is 6.55. The summed E-state index contributed by atoms with van der Waals surface area (Å²) in [5.41, 5.74) is 0.669. The second-order valence-corrected chi connectivity index (χ2v) is 8.89. The molecule has 0 saturated carbocycles. The Bertz CT molecular complexity index is 1370. The van der Waals surface area contributed by atoms with Crippen LogP contribution in [-0.2, 0) is 4.79 Å². The standard InChI is InChI=1S/C25H21F2N3O2S/c1-15(2)22(23(31)28-21-10-6-4-8-19(21)27)33-25-29-20-9-5-3-7-18(20)24(32)30(25)17-13-11-16(26)12-14-17/h3-15,22H,1-2H3,(H,28,31). The van der Waals surface area contributed by atoms with E-state index < -0.39 is 22.8 Å². The molecule has 0 spiro atoms. The Kier molecular flexibility index (Phi) is 6.55. The number of carbonyl (C=O) groups is 1. The third kappa shape index (κ3) is 4.80. The molecule has 0 radical (unpaired) electrons. The van der Waals surface area contributed by atoms with E-state index in [1.807, 2.05) is 13.8 Å². The van der Waals surface area contributed by atoms with Gasteiger partial charge in [-0.25, -0.2) is 13.8 Å². The minimum Gasteiger partial charge on any atom is -0.323 e. The quantitative estimate of drug-likeness (QED) is 0.305. The van der Waals surface area contributed by atoms with Gasteiger partial charge in [-0.15, -0.1) is 0 Å². The van der Waals surface area contributed by atoms with Crippen molar-refractivity contribution in [1.29, 1.82) is 0 Å². The molecule has 33 heavy (non-hydrogen) atoms. The summed E-state index contributed by atoms with van der Waals surface area (Å²) in [5, 5.41) is 2.64. The lowest BCUT2D eigenvalue weighted by atomic mass is 10.1. The predicted molar refractivity (Wildman–Crippen MR) is 127 cm³/mol. The van der Waals surface area contributed by atoms with Crippen LogP contribution in [0.5, 0.6) is 0 Å². The molecule has 0 aliphatic carbocycles. The van der Waals surface area contributed by atoms with Crippen molar-refractivity contribution in [2.24, 2.45) is 5.92 Å². The smallest absolute Gasteiger partial charge is 0.266 e. The van der Waals surface area contributed by atoms with E-state index in [1.54, 1.807) is 36.4 Å². The average molecular weight is 466 g/mol. The highest BCUT2D eigenvalue weighted by atomic mass is 32.2. The number of fused-ring (bicyclic) bond motifs is 1. The molecule has 0 aliphatic heterocycles. The highest BCUT2D eigenvalue weighted by molar-refractivity contribution is 8.00. The highest BCUT2D eigenvalue weighted by Crippen LogP contribution is 2.30. The largest absolute Gasteiger partial charge is 0.323 e. The summed E-state index contributed by atoms with van der Waals surface area (Å²) in [6.45, 7) is 3.72. The maximum atomic E-state index is 14.1. The zero-order valence-electron chi connectivity index (χ0n) is 18.0. The lowest BCUT2D eigenvalue weighted by Gasteiger charge is -2.21. The molecule has 0 saturated heterocycles. The molecule has 4 rings (SSSR count). The van der Waals surface area contributed by atoms with Gasteiger partial charge < -0.3 is 5.32 Å². The normalized spacial score (nSPS) is 12.2. The Morgan fingerprint density at radius 1 is 0.970 bits per heavy atom. The van der Waals surface area contributed by atoms with Crippen molar-refractivity contribution in [3.05, 3.63) is 94.8 Å². The Balaban J connectivity index is 1.79. The first-order valence-electron chi connectivity index (χ1n) is 10.3. The topological polar surface area (TPSA) is 64.0 Å².